The van der Waals surface area contributed by atoms with Gasteiger partial charge in [0.25, 0.3) is 0 Å². The van der Waals surface area contributed by atoms with E-state index in [0.29, 0.717) is 33.4 Å². The van der Waals surface area contributed by atoms with E-state index in [2.05, 4.69) is 0 Å². The molecule has 4 aromatic rings. The molecule has 36 heavy (non-hydrogen) atoms. The second kappa shape index (κ2) is 12.9. The largest absolute Gasteiger partial charge is 0.192 e. The highest BCUT2D eigenvalue weighted by Gasteiger charge is 2.06. The van der Waals surface area contributed by atoms with E-state index in [4.69, 9.17) is 31.6 Å². The first kappa shape index (κ1) is 26.3. The Balaban J connectivity index is 0.000000193. The first-order chi connectivity index (χ1) is 17.4. The first-order valence-corrected chi connectivity index (χ1v) is 10.6. The maximum absolute atomic E-state index is 8.81. The molecule has 0 spiro atoms. The van der Waals surface area contributed by atoms with Crippen LogP contribution in [0, 0.1) is 81.8 Å². The highest BCUT2D eigenvalue weighted by Crippen LogP contribution is 2.19. The van der Waals surface area contributed by atoms with Crippen molar-refractivity contribution in [1.82, 2.24) is 0 Å². The molecule has 0 radical (unpaired) electrons. The lowest BCUT2D eigenvalue weighted by molar-refractivity contribution is 1.30. The molecule has 4 rings (SSSR count). The molecule has 0 atom stereocenters. The molecule has 0 unspecified atom stereocenters. The van der Waals surface area contributed by atoms with E-state index in [9.17, 15) is 0 Å². The van der Waals surface area contributed by atoms with Crippen LogP contribution in [-0.4, -0.2) is 0 Å². The van der Waals surface area contributed by atoms with E-state index < -0.39 is 0 Å². The number of hydrogen-bond acceptors (Lipinski definition) is 6. The van der Waals surface area contributed by atoms with Crippen LogP contribution in [0.5, 0.6) is 0 Å². The molecule has 0 aromatic heterocycles. The predicted molar refractivity (Wildman–Crippen MR) is 135 cm³/mol. The second-order valence-corrected chi connectivity index (χ2v) is 7.41. The molecular formula is C30H18N6. The van der Waals surface area contributed by atoms with Crippen LogP contribution in [0.1, 0.15) is 44.5 Å². The van der Waals surface area contributed by atoms with Gasteiger partial charge in [-0.1, -0.05) is 48.5 Å². The fraction of sp³-hybridized carbons (Fsp3) is 0.0667. The van der Waals surface area contributed by atoms with Gasteiger partial charge in [-0.15, -0.1) is 0 Å². The zero-order valence-electron chi connectivity index (χ0n) is 19.6. The quantitative estimate of drug-likeness (QED) is 0.311. The van der Waals surface area contributed by atoms with E-state index >= 15 is 0 Å². The summed E-state index contributed by atoms with van der Waals surface area (Å²) in [7, 11) is 0. The Morgan fingerprint density at radius 1 is 0.417 bits per heavy atom. The molecule has 0 N–H and O–H groups in total. The second-order valence-electron chi connectivity index (χ2n) is 7.41. The molecule has 0 aliphatic rings. The van der Waals surface area contributed by atoms with Crippen LogP contribution in [0.4, 0.5) is 0 Å². The molecule has 0 aliphatic carbocycles. The van der Waals surface area contributed by atoms with E-state index in [1.807, 2.05) is 86.7 Å². The van der Waals surface area contributed by atoms with Gasteiger partial charge in [0, 0.05) is 0 Å². The van der Waals surface area contributed by atoms with Gasteiger partial charge in [0.2, 0.25) is 0 Å². The van der Waals surface area contributed by atoms with Crippen molar-refractivity contribution in [3.8, 4) is 36.4 Å². The minimum absolute atomic E-state index is 0.435. The number of nitrogens with zero attached hydrogens (tertiary/aromatic N) is 6. The van der Waals surface area contributed by atoms with Gasteiger partial charge in [0.15, 0.2) is 0 Å². The van der Waals surface area contributed by atoms with Gasteiger partial charge in [-0.2, -0.15) is 31.6 Å². The normalized spacial score (nSPS) is 8.67. The summed E-state index contributed by atoms with van der Waals surface area (Å²) in [5.41, 5.74) is 4.46. The number of nitriles is 6. The minimum atomic E-state index is 0.435. The monoisotopic (exact) mass is 462 g/mol. The molecule has 168 valence electrons. The fourth-order valence-corrected chi connectivity index (χ4v) is 3.20. The summed E-state index contributed by atoms with van der Waals surface area (Å²) in [5.74, 6) is 0. The molecular weight excluding hydrogens is 444 g/mol. The Hall–Kier alpha value is -5.92. The third kappa shape index (κ3) is 6.32. The van der Waals surface area contributed by atoms with E-state index in [0.717, 1.165) is 21.9 Å². The number of fused-ring (bicyclic) bond motifs is 1. The SMILES string of the molecule is Cc1ccc(C)c(C#N)c1C#N.N#Cc1cc2ccccc2cc1C#N.N#Cc1ccccc1C#N. The Morgan fingerprint density at radius 2 is 0.750 bits per heavy atom. The third-order valence-electron chi connectivity index (χ3n) is 5.14. The van der Waals surface area contributed by atoms with Crippen molar-refractivity contribution in [2.45, 2.75) is 13.8 Å². The molecule has 6 nitrogen and oxygen atoms in total. The molecule has 6 heteroatoms. The van der Waals surface area contributed by atoms with Crippen molar-refractivity contribution < 1.29 is 0 Å². The smallest absolute Gasteiger partial charge is 0.101 e. The lowest BCUT2D eigenvalue weighted by atomic mass is 9.99. The van der Waals surface area contributed by atoms with Crippen molar-refractivity contribution >= 4 is 10.8 Å². The van der Waals surface area contributed by atoms with Crippen LogP contribution in [0.2, 0.25) is 0 Å². The minimum Gasteiger partial charge on any atom is -0.192 e. The molecule has 0 aliphatic heterocycles. The number of aryl methyl sites for hydroxylation is 2. The van der Waals surface area contributed by atoms with Gasteiger partial charge >= 0.3 is 0 Å². The molecule has 0 saturated carbocycles. The van der Waals surface area contributed by atoms with E-state index in [1.165, 1.54) is 0 Å². The molecule has 0 amide bonds. The van der Waals surface area contributed by atoms with Crippen molar-refractivity contribution in [2.75, 3.05) is 0 Å². The average molecular weight is 463 g/mol. The fourth-order valence-electron chi connectivity index (χ4n) is 3.20. The Morgan fingerprint density at radius 3 is 1.06 bits per heavy atom. The summed E-state index contributed by atoms with van der Waals surface area (Å²) in [5, 5.41) is 54.0. The Bertz CT molecular complexity index is 1550. The van der Waals surface area contributed by atoms with Gasteiger partial charge < -0.3 is 0 Å². The maximum Gasteiger partial charge on any atom is 0.101 e. The van der Waals surface area contributed by atoms with Crippen LogP contribution in [0.3, 0.4) is 0 Å². The molecule has 0 saturated heterocycles. The van der Waals surface area contributed by atoms with Gasteiger partial charge in [-0.05, 0) is 60.0 Å². The van der Waals surface area contributed by atoms with Crippen LogP contribution in [-0.2, 0) is 0 Å². The summed E-state index contributed by atoms with van der Waals surface area (Å²) in [6.07, 6.45) is 0. The van der Waals surface area contributed by atoms with Crippen molar-refractivity contribution in [2.24, 2.45) is 0 Å². The lowest BCUT2D eigenvalue weighted by Gasteiger charge is -2.01. The third-order valence-corrected chi connectivity index (χ3v) is 5.14. The average Bonchev–Trinajstić information content (AvgIpc) is 2.93. The van der Waals surface area contributed by atoms with Crippen molar-refractivity contribution in [3.63, 3.8) is 0 Å². The zero-order chi connectivity index (χ0) is 26.5. The summed E-state index contributed by atoms with van der Waals surface area (Å²) in [6, 6.07) is 33.5. The highest BCUT2D eigenvalue weighted by atomic mass is 14.3. The van der Waals surface area contributed by atoms with Crippen molar-refractivity contribution in [1.29, 1.82) is 31.6 Å². The Labute approximate surface area is 210 Å². The van der Waals surface area contributed by atoms with E-state index in [1.54, 1.807) is 36.4 Å². The zero-order valence-corrected chi connectivity index (χ0v) is 19.6. The molecule has 0 bridgehead atoms. The summed E-state index contributed by atoms with van der Waals surface area (Å²) < 4.78 is 0. The van der Waals surface area contributed by atoms with Gasteiger partial charge in [-0.25, -0.2) is 0 Å². The van der Waals surface area contributed by atoms with Crippen LogP contribution >= 0.6 is 0 Å². The summed E-state index contributed by atoms with van der Waals surface area (Å²) in [4.78, 5) is 0. The first-order valence-electron chi connectivity index (χ1n) is 10.6. The lowest BCUT2D eigenvalue weighted by Crippen LogP contribution is -1.91. The van der Waals surface area contributed by atoms with Gasteiger partial charge in [0.05, 0.1) is 33.4 Å². The molecule has 0 heterocycles. The Kier molecular flexibility index (Phi) is 9.47. The topological polar surface area (TPSA) is 143 Å². The standard InChI is InChI=1S/C12H6N2.C10H8N2.C8H4N2/c13-7-11-5-9-3-1-2-4-10(9)6-12(11)8-14;1-7-3-4-8(2)10(6-12)9(7)5-11;9-5-7-3-1-2-4-8(7)6-10/h1-6H;3-4H,1-2H3;1-4H. The molecule has 4 aromatic carbocycles. The van der Waals surface area contributed by atoms with Crippen LogP contribution in [0.25, 0.3) is 10.8 Å². The molecule has 0 fully saturated rings. The summed E-state index contributed by atoms with van der Waals surface area (Å²) >= 11 is 0. The highest BCUT2D eigenvalue weighted by molar-refractivity contribution is 5.85. The number of hydrogen-bond donors (Lipinski definition) is 0. The summed E-state index contributed by atoms with van der Waals surface area (Å²) in [6.45, 7) is 3.66. The van der Waals surface area contributed by atoms with E-state index in [-0.39, 0.29) is 0 Å². The number of rotatable bonds is 0. The van der Waals surface area contributed by atoms with Crippen molar-refractivity contribution in [3.05, 3.63) is 117 Å². The van der Waals surface area contributed by atoms with Gasteiger partial charge in [0.1, 0.15) is 36.4 Å². The van der Waals surface area contributed by atoms with Crippen LogP contribution < -0.4 is 0 Å². The number of benzene rings is 4. The van der Waals surface area contributed by atoms with Gasteiger partial charge in [-0.3, -0.25) is 0 Å². The predicted octanol–water partition coefficient (Wildman–Crippen LogP) is 6.06. The van der Waals surface area contributed by atoms with Crippen LogP contribution in [0.15, 0.2) is 72.8 Å². The maximum atomic E-state index is 8.81.